The zero-order valence-corrected chi connectivity index (χ0v) is 14.7. The zero-order valence-electron chi connectivity index (χ0n) is 12.3. The fraction of sp³-hybridized carbons (Fsp3) is 0.417. The summed E-state index contributed by atoms with van der Waals surface area (Å²) in [5.41, 5.74) is -0.0740. The van der Waals surface area contributed by atoms with Crippen molar-refractivity contribution in [3.05, 3.63) is 22.7 Å². The SMILES string of the molecule is COCC(C)(C)NS(=O)(=O)c1ccc(-c2nn[nH]n2)cc1Br. The summed E-state index contributed by atoms with van der Waals surface area (Å²) >= 11 is 3.28. The van der Waals surface area contributed by atoms with E-state index in [1.54, 1.807) is 26.0 Å². The topological polar surface area (TPSA) is 110 Å². The molecule has 1 heterocycles. The van der Waals surface area contributed by atoms with Crippen LogP contribution in [0.4, 0.5) is 0 Å². The van der Waals surface area contributed by atoms with Gasteiger partial charge in [-0.3, -0.25) is 0 Å². The Kier molecular flexibility index (Phi) is 4.95. The van der Waals surface area contributed by atoms with Crippen molar-refractivity contribution in [1.82, 2.24) is 25.3 Å². The van der Waals surface area contributed by atoms with Crippen molar-refractivity contribution in [1.29, 1.82) is 0 Å². The van der Waals surface area contributed by atoms with Crippen molar-refractivity contribution >= 4 is 26.0 Å². The van der Waals surface area contributed by atoms with E-state index in [0.29, 0.717) is 15.9 Å². The molecular weight excluding hydrogens is 374 g/mol. The molecule has 0 spiro atoms. The minimum absolute atomic E-state index is 0.129. The zero-order chi connectivity index (χ0) is 16.4. The van der Waals surface area contributed by atoms with Crippen LogP contribution in [0.15, 0.2) is 27.6 Å². The van der Waals surface area contributed by atoms with Crippen molar-refractivity contribution in [3.8, 4) is 11.4 Å². The van der Waals surface area contributed by atoms with Gasteiger partial charge in [-0.1, -0.05) is 0 Å². The molecule has 22 heavy (non-hydrogen) atoms. The van der Waals surface area contributed by atoms with Gasteiger partial charge in [0.15, 0.2) is 0 Å². The van der Waals surface area contributed by atoms with E-state index in [9.17, 15) is 8.42 Å². The minimum Gasteiger partial charge on any atom is -0.383 e. The average Bonchev–Trinajstić information content (AvgIpc) is 2.90. The van der Waals surface area contributed by atoms with Crippen molar-refractivity contribution in [3.63, 3.8) is 0 Å². The first kappa shape index (κ1) is 17.0. The molecule has 0 atom stereocenters. The van der Waals surface area contributed by atoms with Gasteiger partial charge in [-0.25, -0.2) is 13.1 Å². The minimum atomic E-state index is -3.70. The van der Waals surface area contributed by atoms with E-state index < -0.39 is 15.6 Å². The lowest BCUT2D eigenvalue weighted by Gasteiger charge is -2.25. The third-order valence-corrected chi connectivity index (χ3v) is 5.42. The van der Waals surface area contributed by atoms with Crippen LogP contribution in [0, 0.1) is 0 Å². The van der Waals surface area contributed by atoms with E-state index in [-0.39, 0.29) is 11.5 Å². The molecule has 0 aliphatic carbocycles. The molecule has 8 nitrogen and oxygen atoms in total. The molecule has 1 aromatic carbocycles. The molecule has 2 aromatic rings. The predicted octanol–water partition coefficient (Wildman–Crippen LogP) is 1.33. The first-order chi connectivity index (χ1) is 10.2. The number of nitrogens with one attached hydrogen (secondary N) is 2. The Bertz CT molecular complexity index is 746. The number of benzene rings is 1. The molecule has 120 valence electrons. The van der Waals surface area contributed by atoms with Gasteiger partial charge in [0.2, 0.25) is 15.8 Å². The summed E-state index contributed by atoms with van der Waals surface area (Å²) in [5.74, 6) is 0.386. The molecule has 2 N–H and O–H groups in total. The number of tetrazole rings is 1. The molecule has 2 rings (SSSR count). The third kappa shape index (κ3) is 3.88. The highest BCUT2D eigenvalue weighted by molar-refractivity contribution is 9.10. The standard InChI is InChI=1S/C12H16BrN5O3S/c1-12(2,7-21-3)16-22(19,20)10-5-4-8(6-9(10)13)11-14-17-18-15-11/h4-6,16H,7H2,1-3H3,(H,14,15,17,18). The maximum Gasteiger partial charge on any atom is 0.242 e. The van der Waals surface area contributed by atoms with Crippen LogP contribution in [-0.4, -0.2) is 48.3 Å². The van der Waals surface area contributed by atoms with Crippen molar-refractivity contribution in [2.75, 3.05) is 13.7 Å². The number of halogens is 1. The summed E-state index contributed by atoms with van der Waals surface area (Å²) < 4.78 is 33.0. The Morgan fingerprint density at radius 1 is 1.41 bits per heavy atom. The summed E-state index contributed by atoms with van der Waals surface area (Å²) in [7, 11) is -2.18. The van der Waals surface area contributed by atoms with Gasteiger partial charge in [0.05, 0.1) is 17.0 Å². The molecule has 0 saturated heterocycles. The van der Waals surface area contributed by atoms with Crippen LogP contribution < -0.4 is 4.72 Å². The Hall–Kier alpha value is -1.36. The number of aromatic amines is 1. The monoisotopic (exact) mass is 389 g/mol. The highest BCUT2D eigenvalue weighted by Gasteiger charge is 2.27. The fourth-order valence-electron chi connectivity index (χ4n) is 1.95. The maximum absolute atomic E-state index is 12.5. The number of sulfonamides is 1. The molecule has 0 amide bonds. The molecule has 0 bridgehead atoms. The van der Waals surface area contributed by atoms with Gasteiger partial charge in [0.1, 0.15) is 0 Å². The van der Waals surface area contributed by atoms with E-state index in [1.165, 1.54) is 13.2 Å². The number of methoxy groups -OCH3 is 1. The molecule has 0 fully saturated rings. The maximum atomic E-state index is 12.5. The lowest BCUT2D eigenvalue weighted by molar-refractivity contribution is 0.141. The van der Waals surface area contributed by atoms with Gasteiger partial charge in [0, 0.05) is 17.1 Å². The van der Waals surface area contributed by atoms with Gasteiger partial charge in [-0.05, 0) is 53.2 Å². The number of H-pyrrole nitrogens is 1. The van der Waals surface area contributed by atoms with Gasteiger partial charge in [-0.2, -0.15) is 5.21 Å². The van der Waals surface area contributed by atoms with Gasteiger partial charge in [0.25, 0.3) is 0 Å². The second-order valence-electron chi connectivity index (χ2n) is 5.30. The van der Waals surface area contributed by atoms with Crippen LogP contribution in [0.5, 0.6) is 0 Å². The highest BCUT2D eigenvalue weighted by Crippen LogP contribution is 2.27. The second kappa shape index (κ2) is 6.41. The summed E-state index contributed by atoms with van der Waals surface area (Å²) in [5, 5.41) is 13.5. The number of nitrogens with zero attached hydrogens (tertiary/aromatic N) is 3. The Balaban J connectivity index is 2.32. The van der Waals surface area contributed by atoms with Crippen LogP contribution in [0.25, 0.3) is 11.4 Å². The lowest BCUT2D eigenvalue weighted by Crippen LogP contribution is -2.46. The van der Waals surface area contributed by atoms with E-state index in [4.69, 9.17) is 4.74 Å². The van der Waals surface area contributed by atoms with E-state index in [0.717, 1.165) is 0 Å². The fourth-order valence-corrected chi connectivity index (χ4v) is 4.43. The predicted molar refractivity (Wildman–Crippen MR) is 83.6 cm³/mol. The van der Waals surface area contributed by atoms with Crippen molar-refractivity contribution in [2.45, 2.75) is 24.3 Å². The summed E-state index contributed by atoms with van der Waals surface area (Å²) in [6.45, 7) is 3.75. The van der Waals surface area contributed by atoms with Crippen LogP contribution in [0.1, 0.15) is 13.8 Å². The summed E-state index contributed by atoms with van der Waals surface area (Å²) in [4.78, 5) is 0.129. The quantitative estimate of drug-likeness (QED) is 0.770. The molecule has 0 aliphatic heterocycles. The molecule has 0 saturated carbocycles. The van der Waals surface area contributed by atoms with Crippen LogP contribution >= 0.6 is 15.9 Å². The smallest absolute Gasteiger partial charge is 0.242 e. The van der Waals surface area contributed by atoms with Gasteiger partial charge in [-0.15, -0.1) is 10.2 Å². The third-order valence-electron chi connectivity index (χ3n) is 2.74. The Labute approximate surface area is 136 Å². The van der Waals surface area contributed by atoms with Crippen LogP contribution in [0.2, 0.25) is 0 Å². The Morgan fingerprint density at radius 2 is 2.14 bits per heavy atom. The molecule has 0 radical (unpaired) electrons. The van der Waals surface area contributed by atoms with Crippen LogP contribution in [0.3, 0.4) is 0 Å². The lowest BCUT2D eigenvalue weighted by atomic mass is 10.1. The van der Waals surface area contributed by atoms with Gasteiger partial charge < -0.3 is 4.74 Å². The molecular formula is C12H16BrN5O3S. The summed E-state index contributed by atoms with van der Waals surface area (Å²) in [6.07, 6.45) is 0. The molecule has 1 aromatic heterocycles. The number of hydrogen-bond donors (Lipinski definition) is 2. The number of ether oxygens (including phenoxy) is 1. The van der Waals surface area contributed by atoms with E-state index >= 15 is 0 Å². The number of rotatable bonds is 6. The summed E-state index contributed by atoms with van der Waals surface area (Å²) in [6, 6.07) is 4.73. The second-order valence-corrected chi connectivity index (χ2v) is 7.81. The first-order valence-electron chi connectivity index (χ1n) is 6.31. The molecule has 0 unspecified atom stereocenters. The normalized spacial score (nSPS) is 12.5. The van der Waals surface area contributed by atoms with E-state index in [2.05, 4.69) is 41.3 Å². The van der Waals surface area contributed by atoms with Crippen LogP contribution in [-0.2, 0) is 14.8 Å². The van der Waals surface area contributed by atoms with Gasteiger partial charge >= 0.3 is 0 Å². The first-order valence-corrected chi connectivity index (χ1v) is 8.59. The highest BCUT2D eigenvalue weighted by atomic mass is 79.9. The molecule has 10 heteroatoms. The van der Waals surface area contributed by atoms with E-state index in [1.807, 2.05) is 0 Å². The van der Waals surface area contributed by atoms with Crippen molar-refractivity contribution in [2.24, 2.45) is 0 Å². The number of aromatic nitrogens is 4. The largest absolute Gasteiger partial charge is 0.383 e. The number of hydrogen-bond acceptors (Lipinski definition) is 6. The average molecular weight is 390 g/mol. The Morgan fingerprint density at radius 3 is 2.68 bits per heavy atom. The molecule has 0 aliphatic rings. The van der Waals surface area contributed by atoms with Crippen molar-refractivity contribution < 1.29 is 13.2 Å².